The standard InChI is InChI=1S/C14H19ClN2O3/c15-12-9-16-5-1-11(12)14(19)17-13(2-6-18)10-3-7-20-8-4-10/h1,5,9-10,13,18H,2-4,6-8H2,(H,17,19). The molecule has 0 aromatic carbocycles. The lowest BCUT2D eigenvalue weighted by Gasteiger charge is -2.30. The van der Waals surface area contributed by atoms with Crippen LogP contribution in [0.1, 0.15) is 29.6 Å². The molecule has 0 bridgehead atoms. The largest absolute Gasteiger partial charge is 0.396 e. The Bertz CT molecular complexity index is 450. The van der Waals surface area contributed by atoms with Crippen molar-refractivity contribution in [3.05, 3.63) is 29.0 Å². The average Bonchev–Trinajstić information content (AvgIpc) is 2.48. The summed E-state index contributed by atoms with van der Waals surface area (Å²) < 4.78 is 5.33. The SMILES string of the molecule is O=C(NC(CCO)C1CCOCC1)c1ccncc1Cl. The molecule has 1 aromatic heterocycles. The van der Waals surface area contributed by atoms with Crippen LogP contribution >= 0.6 is 11.6 Å². The quantitative estimate of drug-likeness (QED) is 0.867. The number of halogens is 1. The molecule has 1 saturated heterocycles. The second-order valence-electron chi connectivity index (χ2n) is 4.90. The molecule has 0 radical (unpaired) electrons. The summed E-state index contributed by atoms with van der Waals surface area (Å²) in [6.07, 6.45) is 5.32. The number of nitrogens with one attached hydrogen (secondary N) is 1. The number of ether oxygens (including phenoxy) is 1. The van der Waals surface area contributed by atoms with Gasteiger partial charge < -0.3 is 15.2 Å². The number of aliphatic hydroxyl groups is 1. The molecular weight excluding hydrogens is 280 g/mol. The lowest BCUT2D eigenvalue weighted by Crippen LogP contribution is -2.43. The Morgan fingerprint density at radius 2 is 2.30 bits per heavy atom. The number of hydrogen-bond acceptors (Lipinski definition) is 4. The van der Waals surface area contributed by atoms with Gasteiger partial charge in [-0.2, -0.15) is 0 Å². The highest BCUT2D eigenvalue weighted by atomic mass is 35.5. The van der Waals surface area contributed by atoms with E-state index in [4.69, 9.17) is 16.3 Å². The van der Waals surface area contributed by atoms with Crippen molar-refractivity contribution in [2.24, 2.45) is 5.92 Å². The van der Waals surface area contributed by atoms with E-state index in [1.54, 1.807) is 6.07 Å². The minimum absolute atomic E-state index is 0.0480. The molecular formula is C14H19ClN2O3. The Balaban J connectivity index is 2.03. The van der Waals surface area contributed by atoms with Crippen molar-refractivity contribution in [2.45, 2.75) is 25.3 Å². The molecule has 5 nitrogen and oxygen atoms in total. The minimum Gasteiger partial charge on any atom is -0.396 e. The van der Waals surface area contributed by atoms with E-state index in [0.717, 1.165) is 12.8 Å². The number of aromatic nitrogens is 1. The lowest BCUT2D eigenvalue weighted by molar-refractivity contribution is 0.0479. The Labute approximate surface area is 123 Å². The molecule has 2 heterocycles. The van der Waals surface area contributed by atoms with E-state index in [1.165, 1.54) is 12.4 Å². The van der Waals surface area contributed by atoms with Crippen molar-refractivity contribution in [3.8, 4) is 0 Å². The maximum absolute atomic E-state index is 12.3. The van der Waals surface area contributed by atoms with Gasteiger partial charge in [0.2, 0.25) is 0 Å². The maximum Gasteiger partial charge on any atom is 0.253 e. The smallest absolute Gasteiger partial charge is 0.253 e. The molecule has 1 aliphatic rings. The summed E-state index contributed by atoms with van der Waals surface area (Å²) in [6, 6.07) is 1.54. The van der Waals surface area contributed by atoms with Crippen LogP contribution in [0, 0.1) is 5.92 Å². The minimum atomic E-state index is -0.220. The fraction of sp³-hybridized carbons (Fsp3) is 0.571. The molecule has 1 unspecified atom stereocenters. The van der Waals surface area contributed by atoms with Gasteiger partial charge in [0.1, 0.15) is 0 Å². The first-order chi connectivity index (χ1) is 9.72. The summed E-state index contributed by atoms with van der Waals surface area (Å²) >= 11 is 5.97. The fourth-order valence-corrected chi connectivity index (χ4v) is 2.69. The maximum atomic E-state index is 12.3. The van der Waals surface area contributed by atoms with E-state index in [-0.39, 0.29) is 18.6 Å². The van der Waals surface area contributed by atoms with Crippen molar-refractivity contribution in [2.75, 3.05) is 19.8 Å². The third-order valence-corrected chi connectivity index (χ3v) is 3.91. The molecule has 6 heteroatoms. The number of hydrogen-bond donors (Lipinski definition) is 2. The monoisotopic (exact) mass is 298 g/mol. The second-order valence-corrected chi connectivity index (χ2v) is 5.30. The highest BCUT2D eigenvalue weighted by Gasteiger charge is 2.25. The molecule has 2 N–H and O–H groups in total. The lowest BCUT2D eigenvalue weighted by atomic mass is 9.89. The third-order valence-electron chi connectivity index (χ3n) is 3.61. The fourth-order valence-electron chi connectivity index (χ4n) is 2.49. The van der Waals surface area contributed by atoms with E-state index >= 15 is 0 Å². The van der Waals surface area contributed by atoms with E-state index in [9.17, 15) is 9.90 Å². The Morgan fingerprint density at radius 3 is 2.95 bits per heavy atom. The van der Waals surface area contributed by atoms with Gasteiger partial charge >= 0.3 is 0 Å². The zero-order chi connectivity index (χ0) is 14.4. The number of rotatable bonds is 5. The molecule has 0 aliphatic carbocycles. The number of amides is 1. The van der Waals surface area contributed by atoms with Crippen molar-refractivity contribution < 1.29 is 14.6 Å². The van der Waals surface area contributed by atoms with Gasteiger partial charge in [-0.3, -0.25) is 9.78 Å². The Kier molecular flexibility index (Phi) is 5.76. The molecule has 1 aromatic rings. The number of nitrogens with zero attached hydrogens (tertiary/aromatic N) is 1. The summed E-state index contributed by atoms with van der Waals surface area (Å²) in [5, 5.41) is 12.5. The summed E-state index contributed by atoms with van der Waals surface area (Å²) in [5.74, 6) is 0.114. The van der Waals surface area contributed by atoms with Crippen LogP contribution in [0.15, 0.2) is 18.5 Å². The van der Waals surface area contributed by atoms with Crippen molar-refractivity contribution >= 4 is 17.5 Å². The number of carbonyl (C=O) groups is 1. The predicted molar refractivity (Wildman–Crippen MR) is 75.7 cm³/mol. The van der Waals surface area contributed by atoms with Gasteiger partial charge in [0, 0.05) is 38.3 Å². The first-order valence-corrected chi connectivity index (χ1v) is 7.19. The van der Waals surface area contributed by atoms with Gasteiger partial charge in [0.05, 0.1) is 10.6 Å². The first-order valence-electron chi connectivity index (χ1n) is 6.81. The summed E-state index contributed by atoms with van der Waals surface area (Å²) in [7, 11) is 0. The van der Waals surface area contributed by atoms with Gasteiger partial charge in [0.15, 0.2) is 0 Å². The number of pyridine rings is 1. The van der Waals surface area contributed by atoms with E-state index < -0.39 is 0 Å². The summed E-state index contributed by atoms with van der Waals surface area (Å²) in [5.41, 5.74) is 0.414. The van der Waals surface area contributed by atoms with Crippen LogP contribution in [0.5, 0.6) is 0 Å². The Hall–Kier alpha value is -1.17. The zero-order valence-corrected chi connectivity index (χ0v) is 12.0. The topological polar surface area (TPSA) is 71.5 Å². The van der Waals surface area contributed by atoms with Crippen LogP contribution in [0.3, 0.4) is 0 Å². The van der Waals surface area contributed by atoms with E-state index in [0.29, 0.717) is 36.1 Å². The predicted octanol–water partition coefficient (Wildman–Crippen LogP) is 1.64. The van der Waals surface area contributed by atoms with E-state index in [1.807, 2.05) is 0 Å². The molecule has 0 saturated carbocycles. The van der Waals surface area contributed by atoms with Crippen molar-refractivity contribution in [1.29, 1.82) is 0 Å². The van der Waals surface area contributed by atoms with Crippen LogP contribution in [0.2, 0.25) is 5.02 Å². The highest BCUT2D eigenvalue weighted by Crippen LogP contribution is 2.22. The molecule has 1 fully saturated rings. The molecule has 0 spiro atoms. The molecule has 2 rings (SSSR count). The summed E-state index contributed by atoms with van der Waals surface area (Å²) in [4.78, 5) is 16.1. The normalized spacial score (nSPS) is 17.7. The van der Waals surface area contributed by atoms with Gasteiger partial charge in [-0.25, -0.2) is 0 Å². The van der Waals surface area contributed by atoms with Crippen LogP contribution in [0.4, 0.5) is 0 Å². The summed E-state index contributed by atoms with van der Waals surface area (Å²) in [6.45, 7) is 1.46. The van der Waals surface area contributed by atoms with Gasteiger partial charge in [-0.1, -0.05) is 11.6 Å². The van der Waals surface area contributed by atoms with Crippen LogP contribution < -0.4 is 5.32 Å². The number of aliphatic hydroxyl groups excluding tert-OH is 1. The molecule has 1 aliphatic heterocycles. The van der Waals surface area contributed by atoms with Crippen LogP contribution in [0.25, 0.3) is 0 Å². The van der Waals surface area contributed by atoms with Crippen LogP contribution in [-0.2, 0) is 4.74 Å². The molecule has 1 amide bonds. The molecule has 1 atom stereocenters. The Morgan fingerprint density at radius 1 is 1.55 bits per heavy atom. The zero-order valence-electron chi connectivity index (χ0n) is 11.2. The van der Waals surface area contributed by atoms with Crippen molar-refractivity contribution in [3.63, 3.8) is 0 Å². The van der Waals surface area contributed by atoms with Crippen molar-refractivity contribution in [1.82, 2.24) is 10.3 Å². The van der Waals surface area contributed by atoms with Gasteiger partial charge in [-0.05, 0) is 31.2 Å². The number of carbonyl (C=O) groups excluding carboxylic acids is 1. The van der Waals surface area contributed by atoms with Gasteiger partial charge in [0.25, 0.3) is 5.91 Å². The van der Waals surface area contributed by atoms with E-state index in [2.05, 4.69) is 10.3 Å². The molecule has 20 heavy (non-hydrogen) atoms. The first kappa shape index (κ1) is 15.2. The van der Waals surface area contributed by atoms with Gasteiger partial charge in [-0.15, -0.1) is 0 Å². The van der Waals surface area contributed by atoms with Crippen LogP contribution in [-0.4, -0.2) is 41.9 Å². The average molecular weight is 299 g/mol. The highest BCUT2D eigenvalue weighted by molar-refractivity contribution is 6.33. The third kappa shape index (κ3) is 3.91. The second kappa shape index (κ2) is 7.57. The molecule has 110 valence electrons.